The predicted octanol–water partition coefficient (Wildman–Crippen LogP) is 23.3. The van der Waals surface area contributed by atoms with E-state index >= 15 is 0 Å². The Morgan fingerprint density at radius 3 is 0.795 bits per heavy atom. The first-order valence-electron chi connectivity index (χ1n) is 33.9. The summed E-state index contributed by atoms with van der Waals surface area (Å²) in [6.07, 6.45) is 86.3. The van der Waals surface area contributed by atoms with Crippen LogP contribution < -0.4 is 0 Å². The van der Waals surface area contributed by atoms with Gasteiger partial charge in [-0.1, -0.05) is 293 Å². The molecule has 78 heavy (non-hydrogen) atoms. The highest BCUT2D eigenvalue weighted by atomic mass is 16.6. The molecule has 0 saturated carbocycles. The molecule has 0 fully saturated rings. The summed E-state index contributed by atoms with van der Waals surface area (Å²) in [4.78, 5) is 38.4. The van der Waals surface area contributed by atoms with Gasteiger partial charge in [-0.3, -0.25) is 14.4 Å². The first-order valence-corrected chi connectivity index (χ1v) is 33.9. The second-order valence-corrected chi connectivity index (χ2v) is 22.7. The van der Waals surface area contributed by atoms with Gasteiger partial charge in [0.05, 0.1) is 0 Å². The van der Waals surface area contributed by atoms with Crippen molar-refractivity contribution in [3.63, 3.8) is 0 Å². The average Bonchev–Trinajstić information content (AvgIpc) is 3.44. The molecule has 0 aromatic rings. The fraction of sp³-hybridized carbons (Fsp3) is 0.792. The van der Waals surface area contributed by atoms with Gasteiger partial charge in [0.1, 0.15) is 13.2 Å². The maximum atomic E-state index is 12.9. The lowest BCUT2D eigenvalue weighted by molar-refractivity contribution is -0.167. The van der Waals surface area contributed by atoms with Crippen molar-refractivity contribution < 1.29 is 28.6 Å². The van der Waals surface area contributed by atoms with Crippen molar-refractivity contribution in [2.45, 2.75) is 354 Å². The fourth-order valence-electron chi connectivity index (χ4n) is 9.84. The first kappa shape index (κ1) is 74.8. The van der Waals surface area contributed by atoms with E-state index in [9.17, 15) is 14.4 Å². The van der Waals surface area contributed by atoms with Crippen molar-refractivity contribution in [1.82, 2.24) is 0 Å². The summed E-state index contributed by atoms with van der Waals surface area (Å²) >= 11 is 0. The zero-order valence-electron chi connectivity index (χ0n) is 51.9. The monoisotopic (exact) mass is 1090 g/mol. The maximum absolute atomic E-state index is 12.9. The summed E-state index contributed by atoms with van der Waals surface area (Å²) in [7, 11) is 0. The lowest BCUT2D eigenvalue weighted by Gasteiger charge is -2.18. The predicted molar refractivity (Wildman–Crippen MR) is 339 cm³/mol. The highest BCUT2D eigenvalue weighted by Crippen LogP contribution is 2.17. The van der Waals surface area contributed by atoms with Crippen molar-refractivity contribution >= 4 is 17.9 Å². The SMILES string of the molecule is CC/C=C\C/C=C\C/C=C\C/C=C\CCCCCCCCCCCCCCC(=O)OCC(COC(=O)CCCCCCC/C=C\CCCCCCC)OC(=O)CCCCCCCCCCC/C=C\CCCCCCCCCC. The number of carbonyl (C=O) groups excluding carboxylic acids is 3. The Hall–Kier alpha value is -3.15. The molecule has 6 nitrogen and oxygen atoms in total. The van der Waals surface area contributed by atoms with Gasteiger partial charge in [0.2, 0.25) is 0 Å². The van der Waals surface area contributed by atoms with Crippen molar-refractivity contribution in [2.24, 2.45) is 0 Å². The summed E-state index contributed by atoms with van der Waals surface area (Å²) in [5.74, 6) is -0.871. The van der Waals surface area contributed by atoms with E-state index < -0.39 is 6.10 Å². The van der Waals surface area contributed by atoms with Crippen LogP contribution >= 0.6 is 0 Å². The van der Waals surface area contributed by atoms with Gasteiger partial charge >= 0.3 is 17.9 Å². The molecule has 0 amide bonds. The molecule has 0 aliphatic heterocycles. The van der Waals surface area contributed by atoms with Gasteiger partial charge in [0.25, 0.3) is 0 Å². The molecule has 0 aliphatic rings. The van der Waals surface area contributed by atoms with Crippen LogP contribution in [0.5, 0.6) is 0 Å². The summed E-state index contributed by atoms with van der Waals surface area (Å²) in [6.45, 7) is 6.56. The molecule has 1 atom stereocenters. The molecule has 452 valence electrons. The van der Waals surface area contributed by atoms with E-state index in [1.54, 1.807) is 0 Å². The van der Waals surface area contributed by atoms with Crippen LogP contribution in [0.4, 0.5) is 0 Å². The van der Waals surface area contributed by atoms with Crippen molar-refractivity contribution in [3.8, 4) is 0 Å². The molecule has 0 aliphatic carbocycles. The third-order valence-electron chi connectivity index (χ3n) is 14.9. The van der Waals surface area contributed by atoms with Crippen LogP contribution in [0, 0.1) is 0 Å². The minimum atomic E-state index is -0.781. The van der Waals surface area contributed by atoms with E-state index in [-0.39, 0.29) is 31.1 Å². The Labute approximate surface area is 484 Å². The minimum absolute atomic E-state index is 0.0773. The van der Waals surface area contributed by atoms with Crippen LogP contribution in [0.2, 0.25) is 0 Å². The lowest BCUT2D eigenvalue weighted by Crippen LogP contribution is -2.30. The Morgan fingerprint density at radius 2 is 0.500 bits per heavy atom. The third-order valence-corrected chi connectivity index (χ3v) is 14.9. The van der Waals surface area contributed by atoms with Crippen LogP contribution in [-0.4, -0.2) is 37.2 Å². The lowest BCUT2D eigenvalue weighted by atomic mass is 10.0. The summed E-state index contributed by atoms with van der Waals surface area (Å²) in [5.41, 5.74) is 0. The van der Waals surface area contributed by atoms with Gasteiger partial charge in [-0.05, 0) is 109 Å². The number of hydrogen-bond donors (Lipinski definition) is 0. The van der Waals surface area contributed by atoms with Crippen molar-refractivity contribution in [1.29, 1.82) is 0 Å². The topological polar surface area (TPSA) is 78.9 Å². The molecule has 0 heterocycles. The van der Waals surface area contributed by atoms with E-state index in [0.29, 0.717) is 19.3 Å². The van der Waals surface area contributed by atoms with E-state index in [2.05, 4.69) is 93.7 Å². The normalized spacial score (nSPS) is 12.5. The molecule has 1 unspecified atom stereocenters. The Kier molecular flexibility index (Phi) is 63.7. The number of unbranched alkanes of at least 4 members (excludes halogenated alkanes) is 39. The Bertz CT molecular complexity index is 1440. The van der Waals surface area contributed by atoms with Gasteiger partial charge in [0, 0.05) is 19.3 Å². The molecule has 0 aromatic carbocycles. The average molecular weight is 1090 g/mol. The van der Waals surface area contributed by atoms with E-state index in [0.717, 1.165) is 89.9 Å². The van der Waals surface area contributed by atoms with E-state index in [4.69, 9.17) is 14.2 Å². The summed E-state index contributed by atoms with van der Waals surface area (Å²) in [5, 5.41) is 0. The Balaban J connectivity index is 4.31. The fourth-order valence-corrected chi connectivity index (χ4v) is 9.84. The molecule has 0 rings (SSSR count). The zero-order valence-corrected chi connectivity index (χ0v) is 51.9. The number of rotatable bonds is 62. The van der Waals surface area contributed by atoms with Crippen LogP contribution in [0.1, 0.15) is 348 Å². The number of allylic oxidation sites excluding steroid dienone is 12. The third kappa shape index (κ3) is 63.7. The van der Waals surface area contributed by atoms with Crippen molar-refractivity contribution in [3.05, 3.63) is 72.9 Å². The number of hydrogen-bond acceptors (Lipinski definition) is 6. The van der Waals surface area contributed by atoms with Crippen molar-refractivity contribution in [2.75, 3.05) is 13.2 Å². The second kappa shape index (κ2) is 66.4. The van der Waals surface area contributed by atoms with Gasteiger partial charge < -0.3 is 14.2 Å². The molecular weight excluding hydrogens is 961 g/mol. The molecule has 0 aromatic heterocycles. The molecule has 0 bridgehead atoms. The standard InChI is InChI=1S/C72H128O6/c1-4-7-10-13-16-19-22-25-28-30-32-34-35-36-37-39-40-42-44-47-50-53-56-59-62-65-71(74)77-68-69(67-76-70(73)64-61-58-55-52-49-46-27-24-21-18-15-12-9-6-3)78-72(75)66-63-60-57-54-51-48-45-43-41-38-33-31-29-26-23-20-17-14-11-8-5-2/h7,10,16,19,24-25,27-28,31-34,69H,4-6,8-9,11-15,17-18,20-23,26,29-30,35-68H2,1-3H3/b10-7-,19-16-,27-24-,28-25-,33-31-,34-32-. The molecule has 0 N–H and O–H groups in total. The largest absolute Gasteiger partial charge is 0.462 e. The van der Waals surface area contributed by atoms with Gasteiger partial charge in [-0.25, -0.2) is 0 Å². The van der Waals surface area contributed by atoms with Crippen LogP contribution in [0.3, 0.4) is 0 Å². The summed E-state index contributed by atoms with van der Waals surface area (Å²) in [6, 6.07) is 0. The van der Waals surface area contributed by atoms with Crippen LogP contribution in [0.15, 0.2) is 72.9 Å². The second-order valence-electron chi connectivity index (χ2n) is 22.7. The number of carbonyl (C=O) groups is 3. The molecule has 0 radical (unpaired) electrons. The number of ether oxygens (including phenoxy) is 3. The molecular formula is C72H128O6. The highest BCUT2D eigenvalue weighted by Gasteiger charge is 2.19. The Morgan fingerprint density at radius 1 is 0.269 bits per heavy atom. The van der Waals surface area contributed by atoms with Gasteiger partial charge in [0.15, 0.2) is 6.10 Å². The van der Waals surface area contributed by atoms with E-state index in [1.165, 1.54) is 218 Å². The number of esters is 3. The van der Waals surface area contributed by atoms with Gasteiger partial charge in [-0.2, -0.15) is 0 Å². The van der Waals surface area contributed by atoms with Crippen LogP contribution in [0.25, 0.3) is 0 Å². The smallest absolute Gasteiger partial charge is 0.306 e. The minimum Gasteiger partial charge on any atom is -0.462 e. The molecule has 0 saturated heterocycles. The first-order chi connectivity index (χ1) is 38.5. The highest BCUT2D eigenvalue weighted by molar-refractivity contribution is 5.71. The molecule has 0 spiro atoms. The van der Waals surface area contributed by atoms with E-state index in [1.807, 2.05) is 0 Å². The zero-order chi connectivity index (χ0) is 56.4. The van der Waals surface area contributed by atoms with Gasteiger partial charge in [-0.15, -0.1) is 0 Å². The quantitative estimate of drug-likeness (QED) is 0.0261. The maximum Gasteiger partial charge on any atom is 0.306 e. The molecule has 6 heteroatoms. The van der Waals surface area contributed by atoms with Crippen LogP contribution in [-0.2, 0) is 28.6 Å². The summed E-state index contributed by atoms with van der Waals surface area (Å²) < 4.78 is 17.0.